The number of carbonyl (C=O) groups is 1. The van der Waals surface area contributed by atoms with Crippen molar-refractivity contribution in [1.82, 2.24) is 15.5 Å². The molecule has 2 unspecified atom stereocenters. The Morgan fingerprint density at radius 3 is 2.60 bits per heavy atom. The summed E-state index contributed by atoms with van der Waals surface area (Å²) in [6.07, 6.45) is 5.12. The Balaban J connectivity index is 0.00000320. The Bertz CT molecular complexity index is 695. The Morgan fingerprint density at radius 2 is 1.97 bits per heavy atom. The fourth-order valence-electron chi connectivity index (χ4n) is 4.19. The molecular formula is C22H34FIN4O2. The molecule has 1 aliphatic heterocycles. The minimum atomic E-state index is -0.264. The van der Waals surface area contributed by atoms with E-state index in [4.69, 9.17) is 4.74 Å². The summed E-state index contributed by atoms with van der Waals surface area (Å²) in [6.45, 7) is 4.73. The summed E-state index contributed by atoms with van der Waals surface area (Å²) in [6, 6.07) is 6.52. The molecule has 0 aromatic heterocycles. The van der Waals surface area contributed by atoms with Gasteiger partial charge in [-0.2, -0.15) is 0 Å². The molecule has 1 saturated carbocycles. The zero-order valence-electron chi connectivity index (χ0n) is 17.9. The minimum Gasteiger partial charge on any atom is -0.375 e. The molecular weight excluding hydrogens is 498 g/mol. The molecule has 2 fully saturated rings. The van der Waals surface area contributed by atoms with E-state index in [0.29, 0.717) is 12.5 Å². The van der Waals surface area contributed by atoms with E-state index in [1.54, 1.807) is 19.2 Å². The Labute approximate surface area is 196 Å². The van der Waals surface area contributed by atoms with Crippen molar-refractivity contribution in [3.63, 3.8) is 0 Å². The molecule has 0 spiro atoms. The molecule has 1 heterocycles. The van der Waals surface area contributed by atoms with Crippen LogP contribution in [-0.4, -0.2) is 56.1 Å². The SMILES string of the molecule is CCNC(=NCC(OC)c1ccc(F)cc1)NC1CCN(C(=O)C2CCCC2)C1.I. The molecule has 1 amide bonds. The highest BCUT2D eigenvalue weighted by atomic mass is 127. The molecule has 1 aromatic rings. The van der Waals surface area contributed by atoms with Gasteiger partial charge in [0.2, 0.25) is 5.91 Å². The number of aliphatic imine (C=N–C) groups is 1. The van der Waals surface area contributed by atoms with Crippen LogP contribution in [0.1, 0.15) is 50.7 Å². The molecule has 0 bridgehead atoms. The number of nitrogens with one attached hydrogen (secondary N) is 2. The molecule has 1 aromatic carbocycles. The van der Waals surface area contributed by atoms with E-state index in [0.717, 1.165) is 50.4 Å². The van der Waals surface area contributed by atoms with E-state index in [2.05, 4.69) is 15.6 Å². The van der Waals surface area contributed by atoms with Crippen molar-refractivity contribution >= 4 is 35.8 Å². The summed E-state index contributed by atoms with van der Waals surface area (Å²) in [4.78, 5) is 19.3. The van der Waals surface area contributed by atoms with Crippen molar-refractivity contribution in [3.05, 3.63) is 35.6 Å². The highest BCUT2D eigenvalue weighted by Crippen LogP contribution is 2.27. The van der Waals surface area contributed by atoms with Crippen LogP contribution in [-0.2, 0) is 9.53 Å². The molecule has 6 nitrogen and oxygen atoms in total. The number of methoxy groups -OCH3 is 1. The van der Waals surface area contributed by atoms with Crippen LogP contribution in [0.4, 0.5) is 4.39 Å². The molecule has 2 atom stereocenters. The average Bonchev–Trinajstić information content (AvgIpc) is 3.41. The van der Waals surface area contributed by atoms with Gasteiger partial charge in [-0.15, -0.1) is 24.0 Å². The van der Waals surface area contributed by atoms with Gasteiger partial charge in [0.25, 0.3) is 0 Å². The number of benzene rings is 1. The van der Waals surface area contributed by atoms with Crippen LogP contribution < -0.4 is 10.6 Å². The smallest absolute Gasteiger partial charge is 0.225 e. The van der Waals surface area contributed by atoms with Gasteiger partial charge in [0.15, 0.2) is 5.96 Å². The first-order chi connectivity index (χ1) is 14.1. The molecule has 30 heavy (non-hydrogen) atoms. The number of ether oxygens (including phenoxy) is 1. The van der Waals surface area contributed by atoms with Crippen molar-refractivity contribution in [2.75, 3.05) is 33.3 Å². The second-order valence-electron chi connectivity index (χ2n) is 7.89. The highest BCUT2D eigenvalue weighted by molar-refractivity contribution is 14.0. The predicted octanol–water partition coefficient (Wildman–Crippen LogP) is 3.48. The molecule has 2 N–H and O–H groups in total. The quantitative estimate of drug-likeness (QED) is 0.321. The number of rotatable bonds is 7. The van der Waals surface area contributed by atoms with E-state index in [1.807, 2.05) is 11.8 Å². The van der Waals surface area contributed by atoms with E-state index < -0.39 is 0 Å². The van der Waals surface area contributed by atoms with Crippen LogP contribution >= 0.6 is 24.0 Å². The third-order valence-electron chi connectivity index (χ3n) is 5.83. The molecule has 3 rings (SSSR count). The topological polar surface area (TPSA) is 66.0 Å². The first-order valence-electron chi connectivity index (χ1n) is 10.7. The lowest BCUT2D eigenvalue weighted by molar-refractivity contribution is -0.134. The molecule has 1 saturated heterocycles. The maximum absolute atomic E-state index is 13.2. The van der Waals surface area contributed by atoms with E-state index >= 15 is 0 Å². The zero-order chi connectivity index (χ0) is 20.6. The second-order valence-corrected chi connectivity index (χ2v) is 7.89. The monoisotopic (exact) mass is 532 g/mol. The summed E-state index contributed by atoms with van der Waals surface area (Å²) in [5.74, 6) is 1.01. The fraction of sp³-hybridized carbons (Fsp3) is 0.636. The lowest BCUT2D eigenvalue weighted by Crippen LogP contribution is -2.45. The van der Waals surface area contributed by atoms with Gasteiger partial charge >= 0.3 is 0 Å². The summed E-state index contributed by atoms with van der Waals surface area (Å²) in [7, 11) is 1.63. The number of carbonyl (C=O) groups excluding carboxylic acids is 1. The van der Waals surface area contributed by atoms with Gasteiger partial charge in [0, 0.05) is 38.7 Å². The summed E-state index contributed by atoms with van der Waals surface area (Å²) in [5, 5.41) is 6.73. The van der Waals surface area contributed by atoms with E-state index in [-0.39, 0.29) is 47.9 Å². The molecule has 168 valence electrons. The molecule has 2 aliphatic rings. The van der Waals surface area contributed by atoms with Crippen molar-refractivity contribution in [1.29, 1.82) is 0 Å². The molecule has 1 aliphatic carbocycles. The van der Waals surface area contributed by atoms with Gasteiger partial charge in [-0.05, 0) is 43.9 Å². The Kier molecular flexibility index (Phi) is 10.3. The predicted molar refractivity (Wildman–Crippen MR) is 128 cm³/mol. The maximum Gasteiger partial charge on any atom is 0.225 e. The van der Waals surface area contributed by atoms with Gasteiger partial charge in [0.05, 0.1) is 6.54 Å². The zero-order valence-corrected chi connectivity index (χ0v) is 20.2. The summed E-state index contributed by atoms with van der Waals surface area (Å²) < 4.78 is 18.7. The number of amides is 1. The van der Waals surface area contributed by atoms with Crippen LogP contribution in [0.5, 0.6) is 0 Å². The third-order valence-corrected chi connectivity index (χ3v) is 5.83. The largest absolute Gasteiger partial charge is 0.375 e. The lowest BCUT2D eigenvalue weighted by Gasteiger charge is -2.22. The lowest BCUT2D eigenvalue weighted by atomic mass is 10.1. The van der Waals surface area contributed by atoms with Crippen LogP contribution in [0.25, 0.3) is 0 Å². The number of likely N-dealkylation sites (tertiary alicyclic amines) is 1. The second kappa shape index (κ2) is 12.4. The fourth-order valence-corrected chi connectivity index (χ4v) is 4.19. The first-order valence-corrected chi connectivity index (χ1v) is 10.7. The molecule has 8 heteroatoms. The first kappa shape index (κ1) is 24.8. The van der Waals surface area contributed by atoms with Gasteiger partial charge in [-0.3, -0.25) is 9.79 Å². The highest BCUT2D eigenvalue weighted by Gasteiger charge is 2.32. The summed E-state index contributed by atoms with van der Waals surface area (Å²) >= 11 is 0. The third kappa shape index (κ3) is 6.80. The van der Waals surface area contributed by atoms with Gasteiger partial charge in [-0.1, -0.05) is 25.0 Å². The van der Waals surface area contributed by atoms with Gasteiger partial charge in [0.1, 0.15) is 11.9 Å². The van der Waals surface area contributed by atoms with Gasteiger partial charge in [-0.25, -0.2) is 4.39 Å². The van der Waals surface area contributed by atoms with Crippen LogP contribution in [0, 0.1) is 11.7 Å². The number of halogens is 2. The van der Waals surface area contributed by atoms with Crippen molar-refractivity contribution in [2.45, 2.75) is 51.2 Å². The standard InChI is InChI=1S/C22H33FN4O2.HI/c1-3-24-22(25-14-20(29-2)16-8-10-18(23)11-9-16)26-19-12-13-27(15-19)21(28)17-6-4-5-7-17;/h8-11,17,19-20H,3-7,12-15H2,1-2H3,(H2,24,25,26);1H. The van der Waals surface area contributed by atoms with E-state index in [9.17, 15) is 9.18 Å². The van der Waals surface area contributed by atoms with Gasteiger partial charge < -0.3 is 20.3 Å². The number of nitrogens with zero attached hydrogens (tertiary/aromatic N) is 2. The van der Waals surface area contributed by atoms with Crippen molar-refractivity contribution in [3.8, 4) is 0 Å². The number of hydrogen-bond acceptors (Lipinski definition) is 3. The van der Waals surface area contributed by atoms with Crippen LogP contribution in [0.2, 0.25) is 0 Å². The molecule has 0 radical (unpaired) electrons. The Morgan fingerprint density at radius 1 is 1.27 bits per heavy atom. The van der Waals surface area contributed by atoms with Crippen molar-refractivity contribution in [2.24, 2.45) is 10.9 Å². The maximum atomic E-state index is 13.2. The number of guanidine groups is 1. The van der Waals surface area contributed by atoms with Crippen LogP contribution in [0.3, 0.4) is 0 Å². The number of hydrogen-bond donors (Lipinski definition) is 2. The normalized spacial score (nSPS) is 20.7. The van der Waals surface area contributed by atoms with E-state index in [1.165, 1.54) is 25.0 Å². The van der Waals surface area contributed by atoms with Crippen molar-refractivity contribution < 1.29 is 13.9 Å². The summed E-state index contributed by atoms with van der Waals surface area (Å²) in [5.41, 5.74) is 0.891. The van der Waals surface area contributed by atoms with Crippen LogP contribution in [0.15, 0.2) is 29.3 Å². The minimum absolute atomic E-state index is 0. The average molecular weight is 532 g/mol. The Hall–Kier alpha value is -1.42.